The molecule has 18 heteroatoms. The second-order valence-corrected chi connectivity index (χ2v) is 9.49. The topological polar surface area (TPSA) is 73.7 Å². The van der Waals surface area contributed by atoms with Gasteiger partial charge in [-0.05, 0) is 64.8 Å². The minimum Gasteiger partial charge on any atom is -0.463 e. The summed E-state index contributed by atoms with van der Waals surface area (Å²) in [5.41, 5.74) is -8.16. The number of halogens is 11. The van der Waals surface area contributed by atoms with Crippen molar-refractivity contribution in [3.05, 3.63) is 48.3 Å². The van der Waals surface area contributed by atoms with Crippen LogP contribution in [0.4, 0.5) is 51.1 Å². The van der Waals surface area contributed by atoms with Crippen molar-refractivity contribution in [2.75, 3.05) is 18.6 Å². The first-order valence-electron chi connectivity index (χ1n) is 10.5. The van der Waals surface area contributed by atoms with E-state index in [4.69, 9.17) is 9.47 Å². The van der Waals surface area contributed by atoms with Gasteiger partial charge in [-0.25, -0.2) is 9.78 Å². The minimum absolute atomic E-state index is 0.136. The zero-order chi connectivity index (χ0) is 30.2. The Morgan fingerprint density at radius 2 is 1.56 bits per heavy atom. The molecule has 218 valence electrons. The van der Waals surface area contributed by atoms with Crippen LogP contribution in [0, 0.1) is 0 Å². The number of anilines is 2. The van der Waals surface area contributed by atoms with E-state index in [0.29, 0.717) is 4.57 Å². The molecule has 2 rings (SSSR count). The summed E-state index contributed by atoms with van der Waals surface area (Å²) in [6, 6.07) is -1.17. The Hall–Kier alpha value is -2.34. The lowest BCUT2D eigenvalue weighted by Gasteiger charge is -2.34. The van der Waals surface area contributed by atoms with E-state index in [1.165, 1.54) is 20.8 Å². The van der Waals surface area contributed by atoms with E-state index in [2.05, 4.69) is 36.8 Å². The van der Waals surface area contributed by atoms with Crippen molar-refractivity contribution in [1.82, 2.24) is 9.55 Å². The SMILES string of the molecule is CCOC(=O)C(OC)N(c1cc(C(F)(F)F)cc(C(F)(F)F)c1Br)c1nc(C(F)(F)F)c(Br)c(=O)n1C(C)C. The smallest absolute Gasteiger partial charge is 0.434 e. The Balaban J connectivity index is 3.24. The van der Waals surface area contributed by atoms with Crippen LogP contribution in [0.15, 0.2) is 25.9 Å². The number of hydrogen-bond acceptors (Lipinski definition) is 6. The maximum Gasteiger partial charge on any atom is 0.434 e. The molecule has 0 aliphatic rings. The lowest BCUT2D eigenvalue weighted by molar-refractivity contribution is -0.154. The molecule has 0 bridgehead atoms. The van der Waals surface area contributed by atoms with Gasteiger partial charge in [0.2, 0.25) is 12.2 Å². The number of carbonyl (C=O) groups is 1. The van der Waals surface area contributed by atoms with Crippen molar-refractivity contribution in [3.63, 3.8) is 0 Å². The zero-order valence-corrected chi connectivity index (χ0v) is 23.3. The van der Waals surface area contributed by atoms with Crippen LogP contribution in [0.25, 0.3) is 0 Å². The Kier molecular flexibility index (Phi) is 9.81. The molecule has 1 aromatic carbocycles. The third-order valence-corrected chi connectivity index (χ3v) is 6.48. The Labute approximate surface area is 231 Å². The highest BCUT2D eigenvalue weighted by molar-refractivity contribution is 9.11. The predicted molar refractivity (Wildman–Crippen MR) is 125 cm³/mol. The molecular formula is C21H18Br2F9N3O4. The van der Waals surface area contributed by atoms with Crippen molar-refractivity contribution in [3.8, 4) is 0 Å². The quantitative estimate of drug-likeness (QED) is 0.174. The molecule has 0 amide bonds. The van der Waals surface area contributed by atoms with E-state index in [0.717, 1.165) is 7.11 Å². The minimum atomic E-state index is -5.41. The average molecular weight is 707 g/mol. The molecular weight excluding hydrogens is 689 g/mol. The molecule has 0 aliphatic heterocycles. The number of esters is 1. The first-order valence-corrected chi connectivity index (χ1v) is 12.1. The zero-order valence-electron chi connectivity index (χ0n) is 20.1. The molecule has 1 heterocycles. The molecule has 1 atom stereocenters. The number of hydrogen-bond donors (Lipinski definition) is 0. The van der Waals surface area contributed by atoms with E-state index in [-0.39, 0.29) is 23.6 Å². The summed E-state index contributed by atoms with van der Waals surface area (Å²) in [4.78, 5) is 29.3. The summed E-state index contributed by atoms with van der Waals surface area (Å²) in [6.45, 7) is 3.50. The first-order chi connectivity index (χ1) is 17.7. The number of alkyl halides is 9. The Bertz CT molecular complexity index is 1290. The predicted octanol–water partition coefficient (Wildman–Crippen LogP) is 7.08. The molecule has 0 N–H and O–H groups in total. The molecule has 39 heavy (non-hydrogen) atoms. The lowest BCUT2D eigenvalue weighted by Crippen LogP contribution is -2.45. The Morgan fingerprint density at radius 1 is 1.00 bits per heavy atom. The van der Waals surface area contributed by atoms with Crippen molar-refractivity contribution in [2.45, 2.75) is 51.6 Å². The standard InChI is InChI=1S/C21H18Br2F9N3O4/c1-5-39-17(37)16(38-4)35(11-7-9(19(24,25)26)6-10(12(11)22)20(27,28)29)18-33-14(21(30,31)32)13(23)15(36)34(18)8(2)3/h6-8,16H,5H2,1-4H3. The molecule has 2 aromatic rings. The van der Waals surface area contributed by atoms with Crippen LogP contribution in [0.2, 0.25) is 0 Å². The van der Waals surface area contributed by atoms with Crippen molar-refractivity contribution >= 4 is 49.5 Å². The summed E-state index contributed by atoms with van der Waals surface area (Å²) in [5.74, 6) is -2.57. The van der Waals surface area contributed by atoms with E-state index < -0.39 is 79.7 Å². The van der Waals surface area contributed by atoms with Gasteiger partial charge in [-0.3, -0.25) is 14.3 Å². The van der Waals surface area contributed by atoms with Gasteiger partial charge in [0.05, 0.1) is 27.9 Å². The monoisotopic (exact) mass is 705 g/mol. The van der Waals surface area contributed by atoms with Gasteiger partial charge in [0.15, 0.2) is 5.69 Å². The number of rotatable bonds is 7. The van der Waals surface area contributed by atoms with E-state index in [1.54, 1.807) is 0 Å². The van der Waals surface area contributed by atoms with Crippen LogP contribution in [0.3, 0.4) is 0 Å². The van der Waals surface area contributed by atoms with Gasteiger partial charge in [0.25, 0.3) is 5.56 Å². The highest BCUT2D eigenvalue weighted by Gasteiger charge is 2.44. The molecule has 1 aromatic heterocycles. The van der Waals surface area contributed by atoms with E-state index in [9.17, 15) is 49.1 Å². The molecule has 0 radical (unpaired) electrons. The number of benzene rings is 1. The average Bonchev–Trinajstić information content (AvgIpc) is 2.77. The summed E-state index contributed by atoms with van der Waals surface area (Å²) in [5, 5.41) is 0. The van der Waals surface area contributed by atoms with Crippen molar-refractivity contribution in [2.24, 2.45) is 0 Å². The highest BCUT2D eigenvalue weighted by atomic mass is 79.9. The van der Waals surface area contributed by atoms with Crippen LogP contribution >= 0.6 is 31.9 Å². The van der Waals surface area contributed by atoms with Crippen LogP contribution in [-0.4, -0.2) is 35.5 Å². The van der Waals surface area contributed by atoms with Gasteiger partial charge in [0.1, 0.15) is 4.47 Å². The normalized spacial score (nSPS) is 13.5. The van der Waals surface area contributed by atoms with Gasteiger partial charge in [-0.1, -0.05) is 0 Å². The fourth-order valence-electron chi connectivity index (χ4n) is 3.34. The third-order valence-electron chi connectivity index (χ3n) is 4.93. The summed E-state index contributed by atoms with van der Waals surface area (Å²) in [6.07, 6.45) is -18.4. The highest BCUT2D eigenvalue weighted by Crippen LogP contribution is 2.46. The van der Waals surface area contributed by atoms with Crippen LogP contribution in [0.1, 0.15) is 43.6 Å². The number of ether oxygens (including phenoxy) is 2. The van der Waals surface area contributed by atoms with Crippen LogP contribution in [-0.2, 0) is 32.8 Å². The second-order valence-electron chi connectivity index (χ2n) is 7.90. The van der Waals surface area contributed by atoms with Gasteiger partial charge in [-0.15, -0.1) is 0 Å². The van der Waals surface area contributed by atoms with Gasteiger partial charge < -0.3 is 9.47 Å². The summed E-state index contributed by atoms with van der Waals surface area (Å²) >= 11 is 5.08. The number of carbonyl (C=O) groups excluding carboxylic acids is 1. The number of methoxy groups -OCH3 is 1. The number of aromatic nitrogens is 2. The van der Waals surface area contributed by atoms with Crippen LogP contribution < -0.4 is 10.5 Å². The van der Waals surface area contributed by atoms with Crippen molar-refractivity contribution < 1.29 is 53.8 Å². The lowest BCUT2D eigenvalue weighted by atomic mass is 10.1. The van der Waals surface area contributed by atoms with E-state index >= 15 is 0 Å². The maximum absolute atomic E-state index is 13.8. The second kappa shape index (κ2) is 11.6. The van der Waals surface area contributed by atoms with Gasteiger partial charge >= 0.3 is 24.5 Å². The molecule has 1 unspecified atom stereocenters. The van der Waals surface area contributed by atoms with Gasteiger partial charge in [-0.2, -0.15) is 39.5 Å². The molecule has 0 saturated carbocycles. The summed E-state index contributed by atoms with van der Waals surface area (Å²) in [7, 11) is 0.794. The van der Waals surface area contributed by atoms with Gasteiger partial charge in [0, 0.05) is 13.2 Å². The molecule has 0 fully saturated rings. The largest absolute Gasteiger partial charge is 0.463 e. The molecule has 0 spiro atoms. The number of nitrogens with zero attached hydrogens (tertiary/aromatic N) is 3. The maximum atomic E-state index is 13.8. The fourth-order valence-corrected chi connectivity index (χ4v) is 4.49. The Morgan fingerprint density at radius 3 is 1.97 bits per heavy atom. The van der Waals surface area contributed by atoms with Crippen molar-refractivity contribution in [1.29, 1.82) is 0 Å². The van der Waals surface area contributed by atoms with Crippen LogP contribution in [0.5, 0.6) is 0 Å². The van der Waals surface area contributed by atoms with E-state index in [1.807, 2.05) is 0 Å². The molecule has 0 saturated heterocycles. The summed E-state index contributed by atoms with van der Waals surface area (Å²) < 4.78 is 132. The first kappa shape index (κ1) is 32.9. The fraction of sp³-hybridized carbons (Fsp3) is 0.476. The molecule has 0 aliphatic carbocycles. The molecule has 7 nitrogen and oxygen atoms in total. The third kappa shape index (κ3) is 6.87.